The van der Waals surface area contributed by atoms with E-state index in [-0.39, 0.29) is 18.2 Å². The summed E-state index contributed by atoms with van der Waals surface area (Å²) in [5.41, 5.74) is 1.79. The molecular weight excluding hydrogens is 382 g/mol. The van der Waals surface area contributed by atoms with Crippen LogP contribution in [0.2, 0.25) is 0 Å². The van der Waals surface area contributed by atoms with Crippen molar-refractivity contribution in [1.29, 1.82) is 0 Å². The van der Waals surface area contributed by atoms with Crippen molar-refractivity contribution < 1.29 is 9.59 Å². The number of carbonyl (C=O) groups is 2. The lowest BCUT2D eigenvalue weighted by Crippen LogP contribution is -2.42. The molecule has 2 aliphatic rings. The van der Waals surface area contributed by atoms with Gasteiger partial charge >= 0.3 is 0 Å². The van der Waals surface area contributed by atoms with Crippen LogP contribution in [0.4, 0.5) is 5.69 Å². The zero-order valence-corrected chi connectivity index (χ0v) is 16.5. The molecule has 1 fully saturated rings. The number of para-hydroxylation sites is 1. The van der Waals surface area contributed by atoms with Crippen LogP contribution >= 0.6 is 0 Å². The van der Waals surface area contributed by atoms with Crippen molar-refractivity contribution in [2.75, 3.05) is 11.9 Å². The molecular formula is C21H21N7O2. The number of carbonyl (C=O) groups excluding carboxylic acids is 2. The van der Waals surface area contributed by atoms with Crippen molar-refractivity contribution >= 4 is 17.5 Å². The van der Waals surface area contributed by atoms with Crippen molar-refractivity contribution in [3.8, 4) is 0 Å². The summed E-state index contributed by atoms with van der Waals surface area (Å²) in [4.78, 5) is 32.7. The molecule has 0 aliphatic carbocycles. The molecule has 2 unspecified atom stereocenters. The van der Waals surface area contributed by atoms with Crippen LogP contribution in [0.25, 0.3) is 0 Å². The Balaban J connectivity index is 1.52. The Kier molecular flexibility index (Phi) is 4.30. The number of nitrogens with zero attached hydrogens (tertiary/aromatic N) is 6. The Morgan fingerprint density at radius 1 is 1.27 bits per heavy atom. The lowest BCUT2D eigenvalue weighted by Gasteiger charge is -2.34. The number of tetrazole rings is 1. The number of nitrogens with one attached hydrogen (secondary N) is 1. The number of anilines is 1. The predicted molar refractivity (Wildman–Crippen MR) is 107 cm³/mol. The van der Waals surface area contributed by atoms with E-state index in [4.69, 9.17) is 0 Å². The van der Waals surface area contributed by atoms with Gasteiger partial charge in [-0.25, -0.2) is 4.68 Å². The number of amides is 2. The second kappa shape index (κ2) is 7.01. The van der Waals surface area contributed by atoms with Gasteiger partial charge in [-0.3, -0.25) is 14.6 Å². The van der Waals surface area contributed by atoms with Crippen LogP contribution in [0.1, 0.15) is 35.8 Å². The summed E-state index contributed by atoms with van der Waals surface area (Å²) >= 11 is 0. The van der Waals surface area contributed by atoms with Gasteiger partial charge in [-0.15, -0.1) is 5.10 Å². The van der Waals surface area contributed by atoms with E-state index < -0.39 is 11.5 Å². The highest BCUT2D eigenvalue weighted by Gasteiger charge is 2.59. The molecule has 1 saturated heterocycles. The molecule has 9 nitrogen and oxygen atoms in total. The van der Waals surface area contributed by atoms with Crippen LogP contribution in [0.3, 0.4) is 0 Å². The zero-order chi connectivity index (χ0) is 20.7. The quantitative estimate of drug-likeness (QED) is 0.710. The maximum absolute atomic E-state index is 13.3. The fourth-order valence-corrected chi connectivity index (χ4v) is 4.76. The van der Waals surface area contributed by atoms with Gasteiger partial charge in [0.25, 0.3) is 0 Å². The first kappa shape index (κ1) is 18.4. The number of aryl methyl sites for hydroxylation is 2. The lowest BCUT2D eigenvalue weighted by atomic mass is 9.73. The van der Waals surface area contributed by atoms with Crippen molar-refractivity contribution in [1.82, 2.24) is 30.1 Å². The Labute approximate surface area is 173 Å². The summed E-state index contributed by atoms with van der Waals surface area (Å²) in [6.45, 7) is 2.69. The van der Waals surface area contributed by atoms with Crippen molar-refractivity contribution in [3.63, 3.8) is 0 Å². The standard InChI is InChI=1S/C21H21N7O2/c1-14-24-25-26-28(14)11-8-18(29)27-12-9-21(19(27)15-5-4-10-22-13-15)16-6-2-3-7-17(16)23-20(21)30/h2-7,10,13,19H,8-9,11-12H2,1H3,(H,23,30). The molecule has 2 amide bonds. The third-order valence-corrected chi connectivity index (χ3v) is 6.16. The van der Waals surface area contributed by atoms with E-state index in [0.29, 0.717) is 25.3 Å². The van der Waals surface area contributed by atoms with Crippen LogP contribution in [0.15, 0.2) is 48.8 Å². The number of hydrogen-bond acceptors (Lipinski definition) is 6. The van der Waals surface area contributed by atoms with Crippen LogP contribution in [0, 0.1) is 6.92 Å². The van der Waals surface area contributed by atoms with Gasteiger partial charge < -0.3 is 10.2 Å². The van der Waals surface area contributed by atoms with Gasteiger partial charge in [0.2, 0.25) is 11.8 Å². The second-order valence-electron chi connectivity index (χ2n) is 7.70. The van der Waals surface area contributed by atoms with Gasteiger partial charge in [-0.2, -0.15) is 0 Å². The van der Waals surface area contributed by atoms with Gasteiger partial charge in [0, 0.05) is 31.0 Å². The highest BCUT2D eigenvalue weighted by atomic mass is 16.2. The minimum atomic E-state index is -0.819. The highest BCUT2D eigenvalue weighted by molar-refractivity contribution is 6.07. The van der Waals surface area contributed by atoms with Crippen LogP contribution in [0.5, 0.6) is 0 Å². The third kappa shape index (κ3) is 2.69. The molecule has 1 aromatic carbocycles. The molecule has 2 atom stereocenters. The van der Waals surface area contributed by atoms with Gasteiger partial charge in [-0.1, -0.05) is 24.3 Å². The monoisotopic (exact) mass is 403 g/mol. The molecule has 0 saturated carbocycles. The number of likely N-dealkylation sites (tertiary alicyclic amines) is 1. The molecule has 1 spiro atoms. The fourth-order valence-electron chi connectivity index (χ4n) is 4.76. The van der Waals surface area contributed by atoms with Gasteiger partial charge in [0.05, 0.1) is 12.6 Å². The molecule has 5 rings (SSSR count). The van der Waals surface area contributed by atoms with Gasteiger partial charge in [0.1, 0.15) is 11.2 Å². The van der Waals surface area contributed by atoms with Crippen molar-refractivity contribution in [2.45, 2.75) is 37.8 Å². The molecule has 0 radical (unpaired) electrons. The SMILES string of the molecule is Cc1nnnn1CCC(=O)N1CCC2(C(=O)Nc3ccccc32)C1c1cccnc1. The van der Waals surface area contributed by atoms with Crippen LogP contribution in [-0.4, -0.2) is 48.5 Å². The van der Waals surface area contributed by atoms with Crippen molar-refractivity contribution in [2.24, 2.45) is 0 Å². The van der Waals surface area contributed by atoms with Gasteiger partial charge in [-0.05, 0) is 47.0 Å². The van der Waals surface area contributed by atoms with Gasteiger partial charge in [0.15, 0.2) is 0 Å². The van der Waals surface area contributed by atoms with Crippen LogP contribution in [-0.2, 0) is 21.5 Å². The topological polar surface area (TPSA) is 106 Å². The normalized spacial score (nSPS) is 22.4. The molecule has 9 heteroatoms. The number of benzene rings is 1. The zero-order valence-electron chi connectivity index (χ0n) is 16.5. The Morgan fingerprint density at radius 3 is 2.90 bits per heavy atom. The van der Waals surface area contributed by atoms with E-state index in [1.807, 2.05) is 41.3 Å². The average molecular weight is 403 g/mol. The van der Waals surface area contributed by atoms with E-state index in [0.717, 1.165) is 16.8 Å². The fraction of sp³-hybridized carbons (Fsp3) is 0.333. The highest BCUT2D eigenvalue weighted by Crippen LogP contribution is 2.54. The van der Waals surface area contributed by atoms with Crippen molar-refractivity contribution in [3.05, 3.63) is 65.7 Å². The molecule has 1 N–H and O–H groups in total. The second-order valence-corrected chi connectivity index (χ2v) is 7.70. The summed E-state index contributed by atoms with van der Waals surface area (Å²) in [6, 6.07) is 11.1. The summed E-state index contributed by atoms with van der Waals surface area (Å²) in [5.74, 6) is 0.561. The molecule has 30 heavy (non-hydrogen) atoms. The smallest absolute Gasteiger partial charge is 0.237 e. The van der Waals surface area contributed by atoms with E-state index in [1.54, 1.807) is 24.0 Å². The predicted octanol–water partition coefficient (Wildman–Crippen LogP) is 1.63. The minimum Gasteiger partial charge on any atom is -0.334 e. The summed E-state index contributed by atoms with van der Waals surface area (Å²) in [6.07, 6.45) is 4.26. The largest absolute Gasteiger partial charge is 0.334 e. The summed E-state index contributed by atoms with van der Waals surface area (Å²) in [5, 5.41) is 14.4. The first-order valence-electron chi connectivity index (χ1n) is 9.94. The first-order valence-corrected chi connectivity index (χ1v) is 9.94. The molecule has 0 bridgehead atoms. The average Bonchev–Trinajstić information content (AvgIpc) is 3.44. The van der Waals surface area contributed by atoms with E-state index in [2.05, 4.69) is 25.8 Å². The maximum atomic E-state index is 13.3. The number of pyridine rings is 1. The number of rotatable bonds is 4. The molecule has 152 valence electrons. The molecule has 2 aliphatic heterocycles. The number of hydrogen-bond donors (Lipinski definition) is 1. The van der Waals surface area contributed by atoms with Crippen LogP contribution < -0.4 is 5.32 Å². The molecule has 4 heterocycles. The molecule has 2 aromatic heterocycles. The third-order valence-electron chi connectivity index (χ3n) is 6.16. The summed E-state index contributed by atoms with van der Waals surface area (Å²) < 4.78 is 1.61. The maximum Gasteiger partial charge on any atom is 0.237 e. The van der Waals surface area contributed by atoms with E-state index in [9.17, 15) is 9.59 Å². The Hall–Kier alpha value is -3.62. The number of fused-ring (bicyclic) bond motifs is 2. The van der Waals surface area contributed by atoms with E-state index in [1.165, 1.54) is 0 Å². The van der Waals surface area contributed by atoms with E-state index >= 15 is 0 Å². The molecule has 3 aromatic rings. The Morgan fingerprint density at radius 2 is 2.13 bits per heavy atom. The minimum absolute atomic E-state index is 0.0344. The number of aromatic nitrogens is 5. The summed E-state index contributed by atoms with van der Waals surface area (Å²) in [7, 11) is 0. The Bertz CT molecular complexity index is 1110. The first-order chi connectivity index (χ1) is 14.6. The lowest BCUT2D eigenvalue weighted by molar-refractivity contribution is -0.133.